The maximum Gasteiger partial charge on any atom is 0.0214 e. The lowest BCUT2D eigenvalue weighted by atomic mass is 9.67. The monoisotopic (exact) mass is 376 g/mol. The first-order valence-electron chi connectivity index (χ1n) is 11.0. The van der Waals surface area contributed by atoms with Crippen molar-refractivity contribution in [3.63, 3.8) is 0 Å². The Bertz CT molecular complexity index is 715. The minimum atomic E-state index is 0.409. The van der Waals surface area contributed by atoms with Crippen LogP contribution < -0.4 is 5.32 Å². The maximum absolute atomic E-state index is 3.79. The quantitative estimate of drug-likeness (QED) is 0.659. The van der Waals surface area contributed by atoms with Gasteiger partial charge in [0.05, 0.1) is 0 Å². The largest absolute Gasteiger partial charge is 0.315 e. The molecule has 2 fully saturated rings. The number of nitrogens with zero attached hydrogens (tertiary/aromatic N) is 1. The van der Waals surface area contributed by atoms with Crippen molar-refractivity contribution in [1.82, 2.24) is 10.2 Å². The fourth-order valence-corrected chi connectivity index (χ4v) is 6.17. The third-order valence-electron chi connectivity index (χ3n) is 6.98. The smallest absolute Gasteiger partial charge is 0.0214 e. The van der Waals surface area contributed by atoms with E-state index in [4.69, 9.17) is 0 Å². The zero-order valence-corrected chi connectivity index (χ0v) is 17.8. The predicted molar refractivity (Wildman–Crippen MR) is 119 cm³/mol. The van der Waals surface area contributed by atoms with Crippen LogP contribution in [-0.4, -0.2) is 36.6 Å². The van der Waals surface area contributed by atoms with E-state index in [9.17, 15) is 0 Å². The van der Waals surface area contributed by atoms with Gasteiger partial charge >= 0.3 is 0 Å². The van der Waals surface area contributed by atoms with Gasteiger partial charge in [-0.3, -0.25) is 4.90 Å². The number of hydrogen-bond donors (Lipinski definition) is 1. The minimum Gasteiger partial charge on any atom is -0.315 e. The topological polar surface area (TPSA) is 15.3 Å². The van der Waals surface area contributed by atoms with Gasteiger partial charge in [0.25, 0.3) is 0 Å². The summed E-state index contributed by atoms with van der Waals surface area (Å²) < 4.78 is 0. The summed E-state index contributed by atoms with van der Waals surface area (Å²) in [5.41, 5.74) is 3.71. The van der Waals surface area contributed by atoms with E-state index in [2.05, 4.69) is 91.7 Å². The molecule has 2 aliphatic rings. The van der Waals surface area contributed by atoms with Crippen molar-refractivity contribution < 1.29 is 0 Å². The summed E-state index contributed by atoms with van der Waals surface area (Å²) in [7, 11) is 0. The van der Waals surface area contributed by atoms with Gasteiger partial charge in [0.15, 0.2) is 0 Å². The first-order chi connectivity index (χ1) is 13.5. The van der Waals surface area contributed by atoms with E-state index in [0.717, 1.165) is 19.0 Å². The van der Waals surface area contributed by atoms with Crippen LogP contribution in [0, 0.1) is 11.3 Å². The number of hydrogen-bond acceptors (Lipinski definition) is 2. The average molecular weight is 377 g/mol. The summed E-state index contributed by atoms with van der Waals surface area (Å²) in [4.78, 5) is 2.78. The Morgan fingerprint density at radius 1 is 0.929 bits per heavy atom. The Balaban J connectivity index is 1.36. The highest BCUT2D eigenvalue weighted by Gasteiger charge is 2.49. The maximum atomic E-state index is 3.79. The molecule has 28 heavy (non-hydrogen) atoms. The minimum absolute atomic E-state index is 0.409. The molecule has 2 aromatic carbocycles. The summed E-state index contributed by atoms with van der Waals surface area (Å²) >= 11 is 0. The van der Waals surface area contributed by atoms with Gasteiger partial charge in [-0.15, -0.1) is 0 Å². The SMILES string of the molecule is CC1(C)CC2CN(CCNCC(c3ccccc3)c3ccccc3)[C@@](C)(C2)C1. The average Bonchev–Trinajstić information content (AvgIpc) is 2.91. The van der Waals surface area contributed by atoms with Gasteiger partial charge in [-0.25, -0.2) is 0 Å². The fraction of sp³-hybridized carbons (Fsp3) is 0.538. The van der Waals surface area contributed by atoms with E-state index in [0.29, 0.717) is 16.9 Å². The summed E-state index contributed by atoms with van der Waals surface area (Å²) in [6.07, 6.45) is 4.14. The molecule has 1 unspecified atom stereocenters. The Kier molecular flexibility index (Phi) is 5.62. The molecule has 2 nitrogen and oxygen atoms in total. The molecule has 1 N–H and O–H groups in total. The van der Waals surface area contributed by atoms with Crippen LogP contribution in [0.15, 0.2) is 60.7 Å². The highest BCUT2D eigenvalue weighted by Crippen LogP contribution is 2.51. The normalized spacial score (nSPS) is 26.6. The van der Waals surface area contributed by atoms with Crippen molar-refractivity contribution in [2.24, 2.45) is 11.3 Å². The lowest BCUT2D eigenvalue weighted by molar-refractivity contribution is 0.0836. The predicted octanol–water partition coefficient (Wildman–Crippen LogP) is 5.31. The number of benzene rings is 2. The lowest BCUT2D eigenvalue weighted by Crippen LogP contribution is -2.47. The van der Waals surface area contributed by atoms with Crippen LogP contribution in [0.1, 0.15) is 57.1 Å². The van der Waals surface area contributed by atoms with Gasteiger partial charge in [-0.1, -0.05) is 74.5 Å². The number of fused-ring (bicyclic) bond motifs is 2. The van der Waals surface area contributed by atoms with Crippen molar-refractivity contribution in [2.75, 3.05) is 26.2 Å². The highest BCUT2D eigenvalue weighted by molar-refractivity contribution is 5.32. The summed E-state index contributed by atoms with van der Waals surface area (Å²) in [5.74, 6) is 1.31. The number of likely N-dealkylation sites (tertiary alicyclic amines) is 1. The first kappa shape index (κ1) is 19.7. The van der Waals surface area contributed by atoms with Crippen LogP contribution in [0.2, 0.25) is 0 Å². The van der Waals surface area contributed by atoms with Crippen LogP contribution in [0.5, 0.6) is 0 Å². The fourth-order valence-electron chi connectivity index (χ4n) is 6.17. The zero-order valence-electron chi connectivity index (χ0n) is 17.8. The van der Waals surface area contributed by atoms with E-state index in [-0.39, 0.29) is 0 Å². The second-order valence-electron chi connectivity index (χ2n) is 10.1. The molecule has 2 bridgehead atoms. The van der Waals surface area contributed by atoms with Crippen LogP contribution in [0.4, 0.5) is 0 Å². The standard InChI is InChI=1S/C26H36N2/c1-25(2)16-21-17-26(3,20-25)28(19-21)15-14-27-18-24(22-10-6-4-7-11-22)23-12-8-5-9-13-23/h4-13,21,24,27H,14-20H2,1-3H3/t21?,26-/m0/s1. The number of rotatable bonds is 7. The van der Waals surface area contributed by atoms with Crippen molar-refractivity contribution >= 4 is 0 Å². The molecule has 1 saturated heterocycles. The Morgan fingerprint density at radius 2 is 1.54 bits per heavy atom. The van der Waals surface area contributed by atoms with Gasteiger partial charge in [-0.2, -0.15) is 0 Å². The molecule has 0 radical (unpaired) electrons. The molecule has 2 aromatic rings. The van der Waals surface area contributed by atoms with E-state index in [1.807, 2.05) is 0 Å². The van der Waals surface area contributed by atoms with Crippen molar-refractivity contribution in [1.29, 1.82) is 0 Å². The molecule has 150 valence electrons. The lowest BCUT2D eigenvalue weighted by Gasteiger charge is -2.43. The molecule has 2 heteroatoms. The van der Waals surface area contributed by atoms with E-state index in [1.165, 1.54) is 43.5 Å². The van der Waals surface area contributed by atoms with E-state index < -0.39 is 0 Å². The molecular weight excluding hydrogens is 340 g/mol. The third-order valence-corrected chi connectivity index (χ3v) is 6.98. The molecule has 2 atom stereocenters. The summed E-state index contributed by atoms with van der Waals surface area (Å²) in [6.45, 7) is 12.0. The molecule has 0 aromatic heterocycles. The van der Waals surface area contributed by atoms with Crippen molar-refractivity contribution in [3.05, 3.63) is 71.8 Å². The molecule has 1 aliphatic heterocycles. The molecule has 4 rings (SSSR count). The van der Waals surface area contributed by atoms with Gasteiger partial charge < -0.3 is 5.32 Å². The van der Waals surface area contributed by atoms with Gasteiger partial charge in [0.1, 0.15) is 0 Å². The first-order valence-corrected chi connectivity index (χ1v) is 11.0. The number of nitrogens with one attached hydrogen (secondary N) is 1. The second kappa shape index (κ2) is 8.00. The molecule has 0 amide bonds. The van der Waals surface area contributed by atoms with Crippen molar-refractivity contribution in [3.8, 4) is 0 Å². The third kappa shape index (κ3) is 4.34. The van der Waals surface area contributed by atoms with Gasteiger partial charge in [0.2, 0.25) is 0 Å². The Hall–Kier alpha value is -1.64. The van der Waals surface area contributed by atoms with Crippen molar-refractivity contribution in [2.45, 2.75) is 51.5 Å². The molecule has 1 heterocycles. The molecule has 0 spiro atoms. The molecule has 1 aliphatic carbocycles. The molecule has 1 saturated carbocycles. The van der Waals surface area contributed by atoms with Crippen LogP contribution in [0.3, 0.4) is 0 Å². The zero-order chi connectivity index (χ0) is 19.6. The van der Waals surface area contributed by atoms with Gasteiger partial charge in [-0.05, 0) is 48.6 Å². The van der Waals surface area contributed by atoms with Crippen LogP contribution in [-0.2, 0) is 0 Å². The summed E-state index contributed by atoms with van der Waals surface area (Å²) in [6, 6.07) is 21.8. The highest BCUT2D eigenvalue weighted by atomic mass is 15.2. The Labute approximate surface area is 171 Å². The second-order valence-corrected chi connectivity index (χ2v) is 10.1. The van der Waals surface area contributed by atoms with Crippen LogP contribution >= 0.6 is 0 Å². The van der Waals surface area contributed by atoms with E-state index in [1.54, 1.807) is 0 Å². The van der Waals surface area contributed by atoms with Crippen LogP contribution in [0.25, 0.3) is 0 Å². The summed E-state index contributed by atoms with van der Waals surface area (Å²) in [5, 5.41) is 3.79. The molecular formula is C26H36N2. The Morgan fingerprint density at radius 3 is 2.14 bits per heavy atom. The van der Waals surface area contributed by atoms with Gasteiger partial charge in [0, 0.05) is 37.6 Å². The van der Waals surface area contributed by atoms with E-state index >= 15 is 0 Å².